The third-order valence-electron chi connectivity index (χ3n) is 7.42. The number of amides is 3. The summed E-state index contributed by atoms with van der Waals surface area (Å²) in [4.78, 5) is 45.3. The van der Waals surface area contributed by atoms with Crippen molar-refractivity contribution in [1.29, 1.82) is 0 Å². The Hall–Kier alpha value is -3.79. The molecular weight excluding hydrogens is 500 g/mol. The first-order chi connectivity index (χ1) is 18.9. The molecular formula is C29H38N4O6. The Bertz CT molecular complexity index is 1150. The van der Waals surface area contributed by atoms with E-state index in [0.29, 0.717) is 69.4 Å². The maximum absolute atomic E-state index is 13.9. The third kappa shape index (κ3) is 6.11. The number of carbonyl (C=O) groups is 3. The van der Waals surface area contributed by atoms with Crippen molar-refractivity contribution in [3.63, 3.8) is 0 Å². The van der Waals surface area contributed by atoms with E-state index in [4.69, 9.17) is 14.2 Å². The van der Waals surface area contributed by atoms with Crippen molar-refractivity contribution in [3.8, 4) is 11.5 Å². The molecule has 3 amide bonds. The Labute approximate surface area is 229 Å². The lowest BCUT2D eigenvalue weighted by Gasteiger charge is -2.43. The van der Waals surface area contributed by atoms with Crippen molar-refractivity contribution in [2.75, 3.05) is 65.2 Å². The van der Waals surface area contributed by atoms with Gasteiger partial charge in [-0.1, -0.05) is 18.2 Å². The van der Waals surface area contributed by atoms with E-state index in [1.807, 2.05) is 37.3 Å². The summed E-state index contributed by atoms with van der Waals surface area (Å²) < 4.78 is 16.0. The van der Waals surface area contributed by atoms with Crippen LogP contribution in [0, 0.1) is 0 Å². The Morgan fingerprint density at radius 2 is 1.72 bits per heavy atom. The summed E-state index contributed by atoms with van der Waals surface area (Å²) in [6.45, 7) is 4.81. The van der Waals surface area contributed by atoms with E-state index in [0.717, 1.165) is 12.1 Å². The molecule has 0 bridgehead atoms. The van der Waals surface area contributed by atoms with Crippen LogP contribution in [0.1, 0.15) is 36.5 Å². The minimum Gasteiger partial charge on any atom is -0.493 e. The smallest absolute Gasteiger partial charge is 0.253 e. The number of carbonyl (C=O) groups excluding carboxylic acids is 3. The van der Waals surface area contributed by atoms with Gasteiger partial charge >= 0.3 is 0 Å². The van der Waals surface area contributed by atoms with E-state index in [1.165, 1.54) is 7.11 Å². The first-order valence-corrected chi connectivity index (χ1v) is 13.4. The zero-order chi connectivity index (χ0) is 27.8. The molecule has 0 unspecified atom stereocenters. The topological polar surface area (TPSA) is 101 Å². The van der Waals surface area contributed by atoms with Crippen LogP contribution >= 0.6 is 0 Å². The highest BCUT2D eigenvalue weighted by Gasteiger charge is 2.54. The van der Waals surface area contributed by atoms with Crippen molar-refractivity contribution < 1.29 is 28.6 Å². The Balaban J connectivity index is 1.46. The Morgan fingerprint density at radius 3 is 2.38 bits per heavy atom. The number of methoxy groups -OCH3 is 2. The summed E-state index contributed by atoms with van der Waals surface area (Å²) in [5.74, 6) is 0.663. The van der Waals surface area contributed by atoms with E-state index >= 15 is 0 Å². The fourth-order valence-electron chi connectivity index (χ4n) is 5.33. The van der Waals surface area contributed by atoms with Crippen LogP contribution in [0.2, 0.25) is 0 Å². The second-order valence-electron chi connectivity index (χ2n) is 9.70. The molecule has 2 heterocycles. The summed E-state index contributed by atoms with van der Waals surface area (Å²) in [6.07, 6.45) is 1.65. The van der Waals surface area contributed by atoms with Crippen LogP contribution in [-0.2, 0) is 14.3 Å². The molecule has 0 atom stereocenters. The maximum atomic E-state index is 13.9. The lowest BCUT2D eigenvalue weighted by molar-refractivity contribution is -0.137. The first kappa shape index (κ1) is 28.2. The molecule has 2 aromatic carbocycles. The van der Waals surface area contributed by atoms with Crippen molar-refractivity contribution >= 4 is 23.4 Å². The van der Waals surface area contributed by atoms with Crippen molar-refractivity contribution in [3.05, 3.63) is 54.1 Å². The number of hydrogen-bond donors (Lipinski definition) is 1. The molecule has 2 fully saturated rings. The van der Waals surface area contributed by atoms with Gasteiger partial charge in [-0.05, 0) is 56.5 Å². The molecule has 0 aromatic heterocycles. The zero-order valence-corrected chi connectivity index (χ0v) is 23.0. The van der Waals surface area contributed by atoms with Gasteiger partial charge in [-0.3, -0.25) is 14.4 Å². The van der Waals surface area contributed by atoms with Crippen molar-refractivity contribution in [1.82, 2.24) is 15.1 Å². The highest BCUT2D eigenvalue weighted by Crippen LogP contribution is 2.40. The summed E-state index contributed by atoms with van der Waals surface area (Å²) >= 11 is 0. The fraction of sp³-hybridized carbons (Fsp3) is 0.483. The molecule has 10 nitrogen and oxygen atoms in total. The molecule has 0 saturated carbocycles. The zero-order valence-electron chi connectivity index (χ0n) is 23.0. The van der Waals surface area contributed by atoms with Crippen molar-refractivity contribution in [2.45, 2.75) is 31.7 Å². The third-order valence-corrected chi connectivity index (χ3v) is 7.42. The van der Waals surface area contributed by atoms with Crippen LogP contribution < -0.4 is 19.7 Å². The quantitative estimate of drug-likeness (QED) is 0.439. The van der Waals surface area contributed by atoms with Gasteiger partial charge in [0.2, 0.25) is 5.91 Å². The lowest BCUT2D eigenvalue weighted by atomic mass is 9.85. The van der Waals surface area contributed by atoms with Gasteiger partial charge < -0.3 is 34.2 Å². The monoisotopic (exact) mass is 538 g/mol. The number of anilines is 1. The molecule has 2 aliphatic heterocycles. The van der Waals surface area contributed by atoms with E-state index < -0.39 is 5.54 Å². The summed E-state index contributed by atoms with van der Waals surface area (Å²) in [5, 5.41) is 2.89. The SMILES string of the molecule is CCOCCCNC(=O)CN1CN(c2ccccc2)C2(CCN(C(=O)c3ccc(OC)c(OC)c3)CC2)C1=O. The molecule has 10 heteroatoms. The van der Waals surface area contributed by atoms with Crippen LogP contribution in [0.5, 0.6) is 11.5 Å². The van der Waals surface area contributed by atoms with Crippen LogP contribution in [0.3, 0.4) is 0 Å². The lowest BCUT2D eigenvalue weighted by Crippen LogP contribution is -2.57. The van der Waals surface area contributed by atoms with Crippen molar-refractivity contribution in [2.24, 2.45) is 0 Å². The van der Waals surface area contributed by atoms with Crippen LogP contribution in [0.25, 0.3) is 0 Å². The molecule has 2 aromatic rings. The average Bonchev–Trinajstić information content (AvgIpc) is 3.23. The second kappa shape index (κ2) is 12.8. The van der Waals surface area contributed by atoms with Gasteiger partial charge in [0.15, 0.2) is 11.5 Å². The number of para-hydroxylation sites is 1. The molecule has 2 aliphatic rings. The normalized spacial score (nSPS) is 16.5. The molecule has 4 rings (SSSR count). The Kier molecular flexibility index (Phi) is 9.29. The summed E-state index contributed by atoms with van der Waals surface area (Å²) in [5.41, 5.74) is 0.611. The number of ether oxygens (including phenoxy) is 3. The molecule has 0 radical (unpaired) electrons. The molecule has 39 heavy (non-hydrogen) atoms. The fourth-order valence-corrected chi connectivity index (χ4v) is 5.33. The van der Waals surface area contributed by atoms with Crippen LogP contribution in [0.15, 0.2) is 48.5 Å². The molecule has 2 saturated heterocycles. The minimum absolute atomic E-state index is 0.00710. The van der Waals surface area contributed by atoms with Gasteiger partial charge in [-0.25, -0.2) is 0 Å². The van der Waals surface area contributed by atoms with E-state index in [2.05, 4.69) is 10.2 Å². The van der Waals surface area contributed by atoms with E-state index in [9.17, 15) is 14.4 Å². The number of nitrogens with zero attached hydrogens (tertiary/aromatic N) is 3. The summed E-state index contributed by atoms with van der Waals surface area (Å²) in [6, 6.07) is 14.9. The number of hydrogen-bond acceptors (Lipinski definition) is 7. The van der Waals surface area contributed by atoms with Gasteiger partial charge in [0.1, 0.15) is 12.1 Å². The highest BCUT2D eigenvalue weighted by atomic mass is 16.5. The predicted octanol–water partition coefficient (Wildman–Crippen LogP) is 2.53. The molecule has 210 valence electrons. The molecule has 1 N–H and O–H groups in total. The second-order valence-corrected chi connectivity index (χ2v) is 9.70. The van der Waals surface area contributed by atoms with Crippen LogP contribution in [0.4, 0.5) is 5.69 Å². The number of rotatable bonds is 11. The number of nitrogens with one attached hydrogen (secondary N) is 1. The highest BCUT2D eigenvalue weighted by molar-refractivity contribution is 5.98. The van der Waals surface area contributed by atoms with Gasteiger partial charge in [0, 0.05) is 44.1 Å². The number of benzene rings is 2. The number of likely N-dealkylation sites (tertiary alicyclic amines) is 1. The van der Waals surface area contributed by atoms with Gasteiger partial charge in [0.05, 0.1) is 20.9 Å². The maximum Gasteiger partial charge on any atom is 0.253 e. The number of piperidine rings is 1. The largest absolute Gasteiger partial charge is 0.493 e. The van der Waals surface area contributed by atoms with Gasteiger partial charge in [-0.15, -0.1) is 0 Å². The van der Waals surface area contributed by atoms with Gasteiger partial charge in [-0.2, -0.15) is 0 Å². The standard InChI is InChI=1S/C29H38N4O6/c1-4-39-18-8-15-30-26(34)20-32-21-33(23-9-6-5-7-10-23)29(28(32)36)13-16-31(17-14-29)27(35)22-11-12-24(37-2)25(19-22)38-3/h5-7,9-12,19H,4,8,13-18,20-21H2,1-3H3,(H,30,34). The van der Waals surface area contributed by atoms with E-state index in [1.54, 1.807) is 35.1 Å². The van der Waals surface area contributed by atoms with E-state index in [-0.39, 0.29) is 24.3 Å². The average molecular weight is 539 g/mol. The van der Waals surface area contributed by atoms with Crippen LogP contribution in [-0.4, -0.2) is 93.3 Å². The summed E-state index contributed by atoms with van der Waals surface area (Å²) in [7, 11) is 3.09. The molecule has 0 aliphatic carbocycles. The predicted molar refractivity (Wildman–Crippen MR) is 147 cm³/mol. The first-order valence-electron chi connectivity index (χ1n) is 13.4. The Morgan fingerprint density at radius 1 is 1.00 bits per heavy atom. The minimum atomic E-state index is -0.815. The molecule has 1 spiro atoms. The van der Waals surface area contributed by atoms with Gasteiger partial charge in [0.25, 0.3) is 11.8 Å².